The van der Waals surface area contributed by atoms with Gasteiger partial charge >= 0.3 is 0 Å². The van der Waals surface area contributed by atoms with E-state index in [2.05, 4.69) is 15.9 Å². The van der Waals surface area contributed by atoms with Gasteiger partial charge in [-0.25, -0.2) is 0 Å². The summed E-state index contributed by atoms with van der Waals surface area (Å²) < 4.78 is 0.855. The summed E-state index contributed by atoms with van der Waals surface area (Å²) in [7, 11) is 0. The minimum Gasteiger partial charge on any atom is -0.508 e. The highest BCUT2D eigenvalue weighted by atomic mass is 79.9. The first kappa shape index (κ1) is 7.57. The topological polar surface area (TPSA) is 46.2 Å². The molecule has 54 valence electrons. The zero-order valence-electron chi connectivity index (χ0n) is 5.34. The summed E-state index contributed by atoms with van der Waals surface area (Å²) in [4.78, 5) is 0. The summed E-state index contributed by atoms with van der Waals surface area (Å²) in [6, 6.07) is 5.14. The predicted molar refractivity (Wildman–Crippen MR) is 43.7 cm³/mol. The van der Waals surface area contributed by atoms with Gasteiger partial charge in [0.15, 0.2) is 0 Å². The zero-order chi connectivity index (χ0) is 7.56. The number of halogens is 1. The van der Waals surface area contributed by atoms with E-state index in [-0.39, 0.29) is 5.75 Å². The molecule has 1 rings (SSSR count). The molecule has 10 heavy (non-hydrogen) atoms. The third-order valence-electron chi connectivity index (χ3n) is 1.18. The van der Waals surface area contributed by atoms with Gasteiger partial charge in [0.1, 0.15) is 5.75 Å². The molecule has 1 aromatic rings. The van der Waals surface area contributed by atoms with Crippen molar-refractivity contribution in [3.63, 3.8) is 0 Å². The molecule has 0 aromatic heterocycles. The van der Waals surface area contributed by atoms with Gasteiger partial charge in [-0.2, -0.15) is 0 Å². The van der Waals surface area contributed by atoms with Gasteiger partial charge in [-0.05, 0) is 23.8 Å². The van der Waals surface area contributed by atoms with Gasteiger partial charge in [0.2, 0.25) is 0 Å². The van der Waals surface area contributed by atoms with Crippen LogP contribution in [0, 0.1) is 0 Å². The number of aromatic hydroxyl groups is 1. The lowest BCUT2D eigenvalue weighted by Gasteiger charge is -1.98. The molecule has 3 N–H and O–H groups in total. The highest BCUT2D eigenvalue weighted by molar-refractivity contribution is 9.10. The minimum atomic E-state index is 0.245. The fourth-order valence-electron chi connectivity index (χ4n) is 0.751. The number of nitrogens with two attached hydrogens (primary N) is 1. The van der Waals surface area contributed by atoms with E-state index in [1.807, 2.05) is 6.07 Å². The highest BCUT2D eigenvalue weighted by Gasteiger charge is 1.94. The van der Waals surface area contributed by atoms with Crippen molar-refractivity contribution in [1.29, 1.82) is 0 Å². The SMILES string of the molecule is NCc1cc(O)cc(Br)c1. The van der Waals surface area contributed by atoms with Gasteiger partial charge < -0.3 is 10.8 Å². The summed E-state index contributed by atoms with van der Waals surface area (Å²) in [5, 5.41) is 9.04. The van der Waals surface area contributed by atoms with E-state index in [0.29, 0.717) is 6.54 Å². The maximum absolute atomic E-state index is 9.04. The van der Waals surface area contributed by atoms with E-state index in [0.717, 1.165) is 10.0 Å². The second-order valence-electron chi connectivity index (χ2n) is 2.02. The van der Waals surface area contributed by atoms with Crippen LogP contribution in [0.4, 0.5) is 0 Å². The molecule has 0 aliphatic heterocycles. The molecule has 0 atom stereocenters. The van der Waals surface area contributed by atoms with E-state index in [1.165, 1.54) is 0 Å². The Morgan fingerprint density at radius 1 is 1.40 bits per heavy atom. The lowest BCUT2D eigenvalue weighted by molar-refractivity contribution is 0.474. The Labute approximate surface area is 67.8 Å². The minimum absolute atomic E-state index is 0.245. The average molecular weight is 202 g/mol. The fraction of sp³-hybridized carbons (Fsp3) is 0.143. The maximum atomic E-state index is 9.04. The molecule has 0 bridgehead atoms. The van der Waals surface area contributed by atoms with Crippen LogP contribution in [0.1, 0.15) is 5.56 Å². The molecule has 1 aromatic carbocycles. The predicted octanol–water partition coefficient (Wildman–Crippen LogP) is 1.61. The van der Waals surface area contributed by atoms with Crippen molar-refractivity contribution in [2.24, 2.45) is 5.73 Å². The smallest absolute Gasteiger partial charge is 0.117 e. The lowest BCUT2D eigenvalue weighted by Crippen LogP contribution is -1.95. The number of phenols is 1. The van der Waals surface area contributed by atoms with Crippen molar-refractivity contribution in [1.82, 2.24) is 0 Å². The fourth-order valence-corrected chi connectivity index (χ4v) is 1.28. The molecule has 0 spiro atoms. The summed E-state index contributed by atoms with van der Waals surface area (Å²) in [6.45, 7) is 0.451. The molecule has 2 nitrogen and oxygen atoms in total. The van der Waals surface area contributed by atoms with Crippen molar-refractivity contribution in [3.05, 3.63) is 28.2 Å². The van der Waals surface area contributed by atoms with Crippen LogP contribution < -0.4 is 5.73 Å². The molecular weight excluding hydrogens is 194 g/mol. The van der Waals surface area contributed by atoms with Gasteiger partial charge in [0, 0.05) is 11.0 Å². The molecule has 0 amide bonds. The van der Waals surface area contributed by atoms with Gasteiger partial charge in [0.25, 0.3) is 0 Å². The Hall–Kier alpha value is -0.540. The molecule has 0 heterocycles. The Kier molecular flexibility index (Phi) is 2.29. The lowest BCUT2D eigenvalue weighted by atomic mass is 10.2. The average Bonchev–Trinajstić information content (AvgIpc) is 1.85. The van der Waals surface area contributed by atoms with E-state index in [1.54, 1.807) is 12.1 Å². The molecule has 0 saturated heterocycles. The van der Waals surface area contributed by atoms with E-state index in [9.17, 15) is 0 Å². The monoisotopic (exact) mass is 201 g/mol. The van der Waals surface area contributed by atoms with Crippen LogP contribution >= 0.6 is 15.9 Å². The van der Waals surface area contributed by atoms with Crippen LogP contribution in [0.2, 0.25) is 0 Å². The Balaban J connectivity index is 3.06. The third-order valence-corrected chi connectivity index (χ3v) is 1.64. The van der Waals surface area contributed by atoms with Gasteiger partial charge in [-0.15, -0.1) is 0 Å². The van der Waals surface area contributed by atoms with Crippen molar-refractivity contribution < 1.29 is 5.11 Å². The first-order chi connectivity index (χ1) is 4.72. The molecule has 0 radical (unpaired) electrons. The van der Waals surface area contributed by atoms with Crippen molar-refractivity contribution in [2.75, 3.05) is 0 Å². The second-order valence-corrected chi connectivity index (χ2v) is 2.94. The van der Waals surface area contributed by atoms with Crippen molar-refractivity contribution in [3.8, 4) is 5.75 Å². The molecule has 0 aliphatic carbocycles. The second kappa shape index (κ2) is 3.03. The summed E-state index contributed by atoms with van der Waals surface area (Å²) in [5.74, 6) is 0.245. The first-order valence-corrected chi connectivity index (χ1v) is 3.70. The van der Waals surface area contributed by atoms with Crippen LogP contribution in [0.3, 0.4) is 0 Å². The van der Waals surface area contributed by atoms with Gasteiger partial charge in [-0.1, -0.05) is 15.9 Å². The molecule has 3 heteroatoms. The molecular formula is C7H8BrNO. The summed E-state index contributed by atoms with van der Waals surface area (Å²) in [6.07, 6.45) is 0. The summed E-state index contributed by atoms with van der Waals surface area (Å²) in [5.41, 5.74) is 6.28. The molecule has 0 saturated carbocycles. The van der Waals surface area contributed by atoms with Crippen molar-refractivity contribution in [2.45, 2.75) is 6.54 Å². The van der Waals surface area contributed by atoms with E-state index >= 15 is 0 Å². The van der Waals surface area contributed by atoms with E-state index in [4.69, 9.17) is 10.8 Å². The number of hydrogen-bond donors (Lipinski definition) is 2. The molecule has 0 unspecified atom stereocenters. The van der Waals surface area contributed by atoms with Gasteiger partial charge in [-0.3, -0.25) is 0 Å². The normalized spacial score (nSPS) is 9.80. The Morgan fingerprint density at radius 3 is 2.60 bits per heavy atom. The zero-order valence-corrected chi connectivity index (χ0v) is 6.93. The van der Waals surface area contributed by atoms with Crippen LogP contribution in [0.25, 0.3) is 0 Å². The number of hydrogen-bond acceptors (Lipinski definition) is 2. The first-order valence-electron chi connectivity index (χ1n) is 2.91. The van der Waals surface area contributed by atoms with Gasteiger partial charge in [0.05, 0.1) is 0 Å². The largest absolute Gasteiger partial charge is 0.508 e. The van der Waals surface area contributed by atoms with Crippen molar-refractivity contribution >= 4 is 15.9 Å². The maximum Gasteiger partial charge on any atom is 0.117 e. The third kappa shape index (κ3) is 1.72. The standard InChI is InChI=1S/C7H8BrNO/c8-6-1-5(4-9)2-7(10)3-6/h1-3,10H,4,9H2. The van der Waals surface area contributed by atoms with Crippen LogP contribution in [-0.4, -0.2) is 5.11 Å². The van der Waals surface area contributed by atoms with Crippen LogP contribution in [0.15, 0.2) is 22.7 Å². The highest BCUT2D eigenvalue weighted by Crippen LogP contribution is 2.19. The molecule has 0 fully saturated rings. The quantitative estimate of drug-likeness (QED) is 0.726. The number of phenolic OH excluding ortho intramolecular Hbond substituents is 1. The van der Waals surface area contributed by atoms with Crippen LogP contribution in [-0.2, 0) is 6.54 Å². The van der Waals surface area contributed by atoms with E-state index < -0.39 is 0 Å². The summed E-state index contributed by atoms with van der Waals surface area (Å²) >= 11 is 3.24. The number of rotatable bonds is 1. The Bertz CT molecular complexity index is 217. The number of benzene rings is 1. The Morgan fingerprint density at radius 2 is 2.10 bits per heavy atom. The molecule has 0 aliphatic rings. The van der Waals surface area contributed by atoms with Crippen LogP contribution in [0.5, 0.6) is 5.75 Å².